The molecule has 0 saturated carbocycles. The van der Waals surface area contributed by atoms with Gasteiger partial charge in [0.05, 0.1) is 43.0 Å². The minimum Gasteiger partial charge on any atom is -0.548 e. The first-order valence-electron chi connectivity index (χ1n) is 24.4. The molecule has 0 bridgehead atoms. The summed E-state index contributed by atoms with van der Waals surface area (Å²) in [6, 6.07) is 20.6. The topological polar surface area (TPSA) is 177 Å². The molecule has 0 aliphatic heterocycles. The zero-order valence-electron chi connectivity index (χ0n) is 46.4. The fraction of sp³-hybridized carbons (Fsp3) is 0.673. The van der Waals surface area contributed by atoms with Crippen molar-refractivity contribution in [3.8, 4) is 0 Å². The van der Waals surface area contributed by atoms with Crippen molar-refractivity contribution in [2.24, 2.45) is 28.1 Å². The Hall–Kier alpha value is -3.10. The molecule has 3 atom stereocenters. The van der Waals surface area contributed by atoms with Crippen LogP contribution in [0.25, 0.3) is 0 Å². The summed E-state index contributed by atoms with van der Waals surface area (Å²) in [5.41, 5.74) is 1.28. The van der Waals surface area contributed by atoms with Crippen molar-refractivity contribution in [2.75, 3.05) is 20.3 Å². The number of unbranched alkanes of at least 4 members (excludes halogenated alkanes) is 1. The average molecular weight is 983 g/mol. The molecule has 13 heteroatoms. The summed E-state index contributed by atoms with van der Waals surface area (Å²) in [5, 5.41) is 15.1. The largest absolute Gasteiger partial charge is 1.00 e. The van der Waals surface area contributed by atoms with Crippen molar-refractivity contribution >= 4 is 35.7 Å². The van der Waals surface area contributed by atoms with Gasteiger partial charge in [-0.1, -0.05) is 150 Å². The summed E-state index contributed by atoms with van der Waals surface area (Å²) >= 11 is 0. The zero-order valence-corrected chi connectivity index (χ0v) is 49.6. The van der Waals surface area contributed by atoms with Gasteiger partial charge in [-0.3, -0.25) is 24.0 Å². The predicted octanol–water partition coefficient (Wildman–Crippen LogP) is 8.19. The third-order valence-electron chi connectivity index (χ3n) is 11.4. The summed E-state index contributed by atoms with van der Waals surface area (Å²) in [6.07, 6.45) is 7.34. The molecule has 2 rings (SSSR count). The van der Waals surface area contributed by atoms with Crippen LogP contribution in [0.15, 0.2) is 60.7 Å². The molecule has 0 radical (unpaired) electrons. The van der Waals surface area contributed by atoms with E-state index in [1.54, 1.807) is 13.8 Å². The van der Waals surface area contributed by atoms with Gasteiger partial charge in [-0.25, -0.2) is 0 Å². The van der Waals surface area contributed by atoms with Crippen molar-refractivity contribution in [1.29, 1.82) is 0 Å². The van der Waals surface area contributed by atoms with E-state index in [4.69, 9.17) is 9.47 Å². The third-order valence-corrected chi connectivity index (χ3v) is 11.4. The number of carboxylic acids is 1. The van der Waals surface area contributed by atoms with E-state index >= 15 is 0 Å². The molecule has 2 amide bonds. The van der Waals surface area contributed by atoms with Gasteiger partial charge in [0.1, 0.15) is 6.61 Å². The van der Waals surface area contributed by atoms with Crippen LogP contribution in [0.5, 0.6) is 0 Å². The maximum atomic E-state index is 11.6. The molecule has 12 nitrogen and oxygen atoms in total. The van der Waals surface area contributed by atoms with Crippen LogP contribution >= 0.6 is 0 Å². The second-order valence-electron chi connectivity index (χ2n) is 18.8. The Kier molecular flexibility index (Phi) is 46.4. The van der Waals surface area contributed by atoms with Crippen LogP contribution in [0, 0.1) is 28.1 Å². The second kappa shape index (κ2) is 42.7. The van der Waals surface area contributed by atoms with Gasteiger partial charge in [0.15, 0.2) is 0 Å². The van der Waals surface area contributed by atoms with E-state index in [1.807, 2.05) is 120 Å². The molecule has 2 N–H and O–H groups in total. The molecule has 0 aliphatic rings. The standard InChI is InChI=1S/C13H18O2.C10H14.C9H18O2.C8H15NO3.C8H17NO.C7H14O2.K/c1-4-13(2,3)12(14)15-10-11-8-6-5-7-9-11;1-3-9(2)10-7-5-4-6-8-10;1-4-6-7-11-9(10)8(3)5-2;1-4-8(2,3)7(12)9-5-6(10)11;1-5-7(4)8(10)9-6(2)3;1-5-7(2,3)6(8)9-4;/h5-9H,4,10H2,1-3H3;4-9H,3H2,1-2H3;8H,4-7H2,1-3H3;4-5H2,1-3H3,(H,9,12)(H,10,11);6-7H,5H2,1-4H3,(H,9,10);5H2,1-4H3;/q;;;;;;+1/p-1. The van der Waals surface area contributed by atoms with Crippen LogP contribution in [0.3, 0.4) is 0 Å². The van der Waals surface area contributed by atoms with E-state index in [0.717, 1.165) is 44.1 Å². The molecule has 3 unspecified atom stereocenters. The zero-order chi connectivity index (χ0) is 52.8. The molecule has 0 heterocycles. The first-order valence-corrected chi connectivity index (χ1v) is 24.4. The number of methoxy groups -OCH3 is 1. The van der Waals surface area contributed by atoms with Crippen molar-refractivity contribution in [3.05, 3.63) is 71.8 Å². The molecule has 0 aromatic heterocycles. The van der Waals surface area contributed by atoms with Gasteiger partial charge in [0.2, 0.25) is 11.8 Å². The number of aliphatic carboxylic acids is 1. The Morgan fingerprint density at radius 3 is 1.44 bits per heavy atom. The number of carbonyl (C=O) groups is 6. The fourth-order valence-electron chi connectivity index (χ4n) is 4.29. The quantitative estimate of drug-likeness (QED) is 0.0569. The fourth-order valence-corrected chi connectivity index (χ4v) is 4.29. The number of benzene rings is 2. The summed E-state index contributed by atoms with van der Waals surface area (Å²) < 4.78 is 14.8. The Bertz CT molecular complexity index is 1610. The summed E-state index contributed by atoms with van der Waals surface area (Å²) in [6.45, 7) is 35.8. The van der Waals surface area contributed by atoms with Crippen LogP contribution in [0.2, 0.25) is 0 Å². The van der Waals surface area contributed by atoms with Crippen LogP contribution in [0.1, 0.15) is 193 Å². The molecular weight excluding hydrogens is 888 g/mol. The Labute approximate surface area is 456 Å². The number of nitrogens with one attached hydrogen (secondary N) is 2. The number of hydrogen-bond acceptors (Lipinski definition) is 10. The Balaban J connectivity index is -0.000000235. The summed E-state index contributed by atoms with van der Waals surface area (Å²) in [5.74, 6) is -0.753. The average Bonchev–Trinajstić information content (AvgIpc) is 3.32. The molecule has 386 valence electrons. The Morgan fingerprint density at radius 2 is 1.07 bits per heavy atom. The number of ether oxygens (including phenoxy) is 3. The molecule has 2 aromatic rings. The normalized spacial score (nSPS) is 11.8. The van der Waals surface area contributed by atoms with Gasteiger partial charge in [-0.15, -0.1) is 0 Å². The van der Waals surface area contributed by atoms with Crippen molar-refractivity contribution < 1.29 is 99.5 Å². The van der Waals surface area contributed by atoms with E-state index < -0.39 is 17.9 Å². The van der Waals surface area contributed by atoms with Crippen LogP contribution < -0.4 is 67.1 Å². The Morgan fingerprint density at radius 1 is 0.618 bits per heavy atom. The van der Waals surface area contributed by atoms with Gasteiger partial charge in [0, 0.05) is 17.4 Å². The minimum atomic E-state index is -1.27. The predicted molar refractivity (Wildman–Crippen MR) is 272 cm³/mol. The van der Waals surface area contributed by atoms with Gasteiger partial charge >= 0.3 is 69.3 Å². The van der Waals surface area contributed by atoms with Gasteiger partial charge in [-0.2, -0.15) is 0 Å². The van der Waals surface area contributed by atoms with E-state index in [0.29, 0.717) is 25.6 Å². The van der Waals surface area contributed by atoms with Crippen LogP contribution in [-0.2, 0) is 49.6 Å². The number of esters is 3. The van der Waals surface area contributed by atoms with E-state index in [2.05, 4.69) is 66.5 Å². The van der Waals surface area contributed by atoms with E-state index in [9.17, 15) is 33.9 Å². The summed E-state index contributed by atoms with van der Waals surface area (Å²) in [4.78, 5) is 65.8. The molecule has 0 fully saturated rings. The molecule has 0 saturated heterocycles. The van der Waals surface area contributed by atoms with Crippen molar-refractivity contribution in [2.45, 2.75) is 195 Å². The van der Waals surface area contributed by atoms with Crippen LogP contribution in [-0.4, -0.2) is 62.0 Å². The molecule has 2 aromatic carbocycles. The number of amides is 2. The number of hydrogen-bond donors (Lipinski definition) is 2. The maximum absolute atomic E-state index is 11.6. The van der Waals surface area contributed by atoms with Crippen LogP contribution in [0.4, 0.5) is 0 Å². The van der Waals surface area contributed by atoms with E-state index in [-0.39, 0.29) is 110 Å². The van der Waals surface area contributed by atoms with Gasteiger partial charge < -0.3 is 34.7 Å². The second-order valence-corrected chi connectivity index (χ2v) is 18.8. The van der Waals surface area contributed by atoms with Gasteiger partial charge in [0.25, 0.3) is 0 Å². The molecular formula is C55H95KN2O10. The van der Waals surface area contributed by atoms with Gasteiger partial charge in [-0.05, 0) is 104 Å². The molecule has 0 spiro atoms. The number of carbonyl (C=O) groups excluding carboxylic acids is 6. The minimum absolute atomic E-state index is 0. The SMILES string of the molecule is CCC(C)(C)C(=O)NCC(=O)[O-].CCC(C)(C)C(=O)OC.CCC(C)(C)C(=O)OCc1ccccc1.CCC(C)C(=O)NC(C)C.CCC(C)c1ccccc1.CCCCOC(=O)C(C)CC.[K+]. The monoisotopic (exact) mass is 983 g/mol. The number of rotatable bonds is 20. The maximum Gasteiger partial charge on any atom is 1.00 e. The number of carboxylic acid groups (broad SMARTS) is 1. The smallest absolute Gasteiger partial charge is 0.548 e. The molecule has 68 heavy (non-hydrogen) atoms. The third kappa shape index (κ3) is 38.7. The first-order chi connectivity index (χ1) is 31.1. The first kappa shape index (κ1) is 73.9. The summed E-state index contributed by atoms with van der Waals surface area (Å²) in [7, 11) is 1.42. The van der Waals surface area contributed by atoms with E-state index in [1.165, 1.54) is 19.1 Å². The van der Waals surface area contributed by atoms with Crippen molar-refractivity contribution in [1.82, 2.24) is 10.6 Å². The van der Waals surface area contributed by atoms with Crippen molar-refractivity contribution in [3.63, 3.8) is 0 Å². The molecule has 0 aliphatic carbocycles.